The van der Waals surface area contributed by atoms with Gasteiger partial charge < -0.3 is 4.74 Å². The van der Waals surface area contributed by atoms with E-state index in [1.165, 1.54) is 6.92 Å². The molecule has 1 rings (SSSR count). The van der Waals surface area contributed by atoms with Gasteiger partial charge in [0.05, 0.1) is 9.26 Å². The van der Waals surface area contributed by atoms with Crippen molar-refractivity contribution in [2.75, 3.05) is 0 Å². The van der Waals surface area contributed by atoms with Crippen molar-refractivity contribution in [2.24, 2.45) is 0 Å². The summed E-state index contributed by atoms with van der Waals surface area (Å²) in [6.45, 7) is 0.491. The highest BCUT2D eigenvalue weighted by Gasteiger charge is 2.33. The van der Waals surface area contributed by atoms with E-state index in [1.54, 1.807) is 22.6 Å². The standard InChI is InChI=1S/C8H6F4INO/c1-4-3-14-5(2-9)6(13)7(4)15-8(10,11)12/h3H,2H2,1H3. The molecule has 0 aliphatic heterocycles. The average Bonchev–Trinajstić information content (AvgIpc) is 2.11. The summed E-state index contributed by atoms with van der Waals surface area (Å²) in [6.07, 6.45) is -3.63. The van der Waals surface area contributed by atoms with Crippen molar-refractivity contribution in [2.45, 2.75) is 20.0 Å². The van der Waals surface area contributed by atoms with Gasteiger partial charge in [0.1, 0.15) is 12.4 Å². The summed E-state index contributed by atoms with van der Waals surface area (Å²) in [5.41, 5.74) is 0.161. The first-order valence-electron chi connectivity index (χ1n) is 3.81. The van der Waals surface area contributed by atoms with E-state index < -0.39 is 13.0 Å². The van der Waals surface area contributed by atoms with Gasteiger partial charge in [-0.25, -0.2) is 4.39 Å². The van der Waals surface area contributed by atoms with Crippen LogP contribution in [0, 0.1) is 10.5 Å². The monoisotopic (exact) mass is 335 g/mol. The van der Waals surface area contributed by atoms with Crippen LogP contribution in [0.25, 0.3) is 0 Å². The third kappa shape index (κ3) is 3.18. The number of hydrogen-bond donors (Lipinski definition) is 0. The molecule has 0 fully saturated rings. The molecule has 0 saturated carbocycles. The maximum Gasteiger partial charge on any atom is 0.573 e. The molecular weight excluding hydrogens is 329 g/mol. The Kier molecular flexibility index (Phi) is 3.74. The highest BCUT2D eigenvalue weighted by Crippen LogP contribution is 2.32. The highest BCUT2D eigenvalue weighted by molar-refractivity contribution is 14.1. The summed E-state index contributed by atoms with van der Waals surface area (Å²) in [5, 5.41) is 0. The minimum absolute atomic E-state index is 0.0485. The molecule has 0 aliphatic carbocycles. The van der Waals surface area contributed by atoms with E-state index in [1.807, 2.05) is 0 Å². The summed E-state index contributed by atoms with van der Waals surface area (Å²) in [4.78, 5) is 3.66. The molecule has 7 heteroatoms. The number of nitrogens with zero attached hydrogens (tertiary/aromatic N) is 1. The average molecular weight is 335 g/mol. The predicted molar refractivity (Wildman–Crippen MR) is 53.2 cm³/mol. The van der Waals surface area contributed by atoms with Crippen LogP contribution in [0.2, 0.25) is 0 Å². The second kappa shape index (κ2) is 4.50. The molecule has 0 aromatic carbocycles. The van der Waals surface area contributed by atoms with Gasteiger partial charge in [-0.3, -0.25) is 4.98 Å². The number of halogens is 5. The lowest BCUT2D eigenvalue weighted by Gasteiger charge is -2.13. The first-order chi connectivity index (χ1) is 6.85. The Labute approximate surface area is 96.8 Å². The molecule has 0 spiro atoms. The van der Waals surface area contributed by atoms with Gasteiger partial charge in [0.25, 0.3) is 0 Å². The van der Waals surface area contributed by atoms with Crippen molar-refractivity contribution in [3.63, 3.8) is 0 Å². The van der Waals surface area contributed by atoms with Crippen LogP contribution in [0.15, 0.2) is 6.20 Å². The van der Waals surface area contributed by atoms with Gasteiger partial charge in [0.2, 0.25) is 0 Å². The van der Waals surface area contributed by atoms with Crippen LogP contribution in [0.3, 0.4) is 0 Å². The number of alkyl halides is 4. The minimum Gasteiger partial charge on any atom is -0.404 e. The zero-order valence-electron chi connectivity index (χ0n) is 7.53. The molecule has 0 bridgehead atoms. The van der Waals surface area contributed by atoms with Gasteiger partial charge in [0, 0.05) is 11.8 Å². The van der Waals surface area contributed by atoms with E-state index in [2.05, 4.69) is 9.72 Å². The van der Waals surface area contributed by atoms with Gasteiger partial charge in [-0.05, 0) is 29.5 Å². The molecule has 15 heavy (non-hydrogen) atoms. The number of hydrogen-bond acceptors (Lipinski definition) is 2. The summed E-state index contributed by atoms with van der Waals surface area (Å²) in [7, 11) is 0. The molecule has 0 unspecified atom stereocenters. The number of aryl methyl sites for hydroxylation is 1. The zero-order valence-corrected chi connectivity index (χ0v) is 9.69. The van der Waals surface area contributed by atoms with E-state index in [0.717, 1.165) is 6.20 Å². The van der Waals surface area contributed by atoms with E-state index in [-0.39, 0.29) is 20.6 Å². The molecule has 1 aromatic heterocycles. The molecule has 1 aromatic rings. The number of aromatic nitrogens is 1. The first kappa shape index (κ1) is 12.5. The van der Waals surface area contributed by atoms with Crippen molar-refractivity contribution >= 4 is 22.6 Å². The third-order valence-corrected chi connectivity index (χ3v) is 2.68. The van der Waals surface area contributed by atoms with Crippen LogP contribution in [0.5, 0.6) is 5.75 Å². The molecule has 0 atom stereocenters. The van der Waals surface area contributed by atoms with Gasteiger partial charge in [-0.15, -0.1) is 13.2 Å². The lowest BCUT2D eigenvalue weighted by atomic mass is 10.2. The molecule has 2 nitrogen and oxygen atoms in total. The second-order valence-corrected chi connectivity index (χ2v) is 3.79. The number of rotatable bonds is 2. The summed E-state index contributed by atoms with van der Waals surface area (Å²) >= 11 is 1.58. The molecule has 0 N–H and O–H groups in total. The van der Waals surface area contributed by atoms with E-state index in [0.29, 0.717) is 0 Å². The molecular formula is C8H6F4INO. The Morgan fingerprint density at radius 3 is 2.53 bits per heavy atom. The fraction of sp³-hybridized carbons (Fsp3) is 0.375. The summed E-state index contributed by atoms with van der Waals surface area (Å²) in [6, 6.07) is 0. The molecule has 0 radical (unpaired) electrons. The first-order valence-corrected chi connectivity index (χ1v) is 4.88. The number of pyridine rings is 1. The largest absolute Gasteiger partial charge is 0.573 e. The smallest absolute Gasteiger partial charge is 0.404 e. The van der Waals surface area contributed by atoms with E-state index in [9.17, 15) is 17.6 Å². The molecule has 0 aliphatic rings. The number of ether oxygens (including phenoxy) is 1. The Balaban J connectivity index is 3.15. The summed E-state index contributed by atoms with van der Waals surface area (Å²) in [5.74, 6) is -0.384. The van der Waals surface area contributed by atoms with Gasteiger partial charge in [-0.2, -0.15) is 0 Å². The zero-order chi connectivity index (χ0) is 11.6. The van der Waals surface area contributed by atoms with Gasteiger partial charge >= 0.3 is 6.36 Å². The lowest BCUT2D eigenvalue weighted by molar-refractivity contribution is -0.275. The molecule has 0 saturated heterocycles. The van der Waals surface area contributed by atoms with Crippen molar-refractivity contribution in [3.05, 3.63) is 21.0 Å². The normalized spacial score (nSPS) is 11.6. The fourth-order valence-corrected chi connectivity index (χ4v) is 1.75. The van der Waals surface area contributed by atoms with E-state index in [4.69, 9.17) is 0 Å². The van der Waals surface area contributed by atoms with Crippen LogP contribution in [-0.4, -0.2) is 11.3 Å². The van der Waals surface area contributed by atoms with Crippen LogP contribution in [0.4, 0.5) is 17.6 Å². The van der Waals surface area contributed by atoms with Gasteiger partial charge in [-0.1, -0.05) is 0 Å². The molecule has 0 amide bonds. The SMILES string of the molecule is Cc1cnc(CF)c(I)c1OC(F)(F)F. The van der Waals surface area contributed by atoms with Crippen molar-refractivity contribution in [1.82, 2.24) is 4.98 Å². The maximum atomic E-state index is 12.3. The van der Waals surface area contributed by atoms with Crippen LogP contribution in [0.1, 0.15) is 11.3 Å². The van der Waals surface area contributed by atoms with E-state index >= 15 is 0 Å². The maximum absolute atomic E-state index is 12.3. The van der Waals surface area contributed by atoms with Crippen LogP contribution < -0.4 is 4.74 Å². The van der Waals surface area contributed by atoms with Crippen molar-refractivity contribution < 1.29 is 22.3 Å². The van der Waals surface area contributed by atoms with Gasteiger partial charge in [0.15, 0.2) is 0 Å². The predicted octanol–water partition coefficient (Wildman–Crippen LogP) is 3.36. The lowest BCUT2D eigenvalue weighted by Crippen LogP contribution is -2.19. The molecule has 84 valence electrons. The fourth-order valence-electron chi connectivity index (χ4n) is 0.928. The highest BCUT2D eigenvalue weighted by atomic mass is 127. The second-order valence-electron chi connectivity index (χ2n) is 2.71. The Morgan fingerprint density at radius 1 is 1.47 bits per heavy atom. The Morgan fingerprint density at radius 2 is 2.07 bits per heavy atom. The third-order valence-electron chi connectivity index (χ3n) is 1.57. The quantitative estimate of drug-likeness (QED) is 0.611. The summed E-state index contributed by atoms with van der Waals surface area (Å²) < 4.78 is 52.2. The van der Waals surface area contributed by atoms with Crippen molar-refractivity contribution in [3.8, 4) is 5.75 Å². The Bertz CT molecular complexity index is 366. The van der Waals surface area contributed by atoms with Crippen LogP contribution in [-0.2, 0) is 6.67 Å². The van der Waals surface area contributed by atoms with Crippen LogP contribution >= 0.6 is 22.6 Å². The molecule has 1 heterocycles. The minimum atomic E-state index is -4.78. The Hall–Kier alpha value is -0.600. The van der Waals surface area contributed by atoms with Crippen molar-refractivity contribution in [1.29, 1.82) is 0 Å². The topological polar surface area (TPSA) is 22.1 Å².